The van der Waals surface area contributed by atoms with Crippen LogP contribution in [0.15, 0.2) is 0 Å². The predicted octanol–water partition coefficient (Wildman–Crippen LogP) is 0.919. The van der Waals surface area contributed by atoms with Gasteiger partial charge >= 0.3 is 6.03 Å². The van der Waals surface area contributed by atoms with E-state index in [0.717, 1.165) is 32.5 Å². The Bertz CT molecular complexity index is 248. The minimum Gasteiger partial charge on any atom is -0.351 e. The van der Waals surface area contributed by atoms with Gasteiger partial charge in [0, 0.05) is 18.0 Å². The van der Waals surface area contributed by atoms with Gasteiger partial charge in [-0.2, -0.15) is 0 Å². The van der Waals surface area contributed by atoms with Crippen LogP contribution >= 0.6 is 0 Å². The van der Waals surface area contributed by atoms with Crippen molar-refractivity contribution in [1.82, 2.24) is 10.2 Å². The smallest absolute Gasteiger partial charge is 0.315 e. The lowest BCUT2D eigenvalue weighted by atomic mass is 9.64. The minimum absolute atomic E-state index is 0.238. The van der Waals surface area contributed by atoms with Gasteiger partial charge in [-0.15, -0.1) is 0 Å². The van der Waals surface area contributed by atoms with Crippen LogP contribution in [-0.2, 0) is 0 Å². The second-order valence-corrected chi connectivity index (χ2v) is 4.88. The van der Waals surface area contributed by atoms with Gasteiger partial charge in [0.25, 0.3) is 0 Å². The zero-order valence-corrected chi connectivity index (χ0v) is 9.46. The van der Waals surface area contributed by atoms with Crippen molar-refractivity contribution in [2.75, 3.05) is 19.6 Å². The molecule has 0 aromatic heterocycles. The number of likely N-dealkylation sites (tertiary alicyclic amines) is 1. The fraction of sp³-hybridized carbons (Fsp3) is 0.909. The Labute approximate surface area is 91.2 Å². The molecule has 2 heterocycles. The Morgan fingerprint density at radius 2 is 2.20 bits per heavy atom. The number of carbonyl (C=O) groups is 1. The molecule has 4 heteroatoms. The van der Waals surface area contributed by atoms with Crippen molar-refractivity contribution in [3.8, 4) is 0 Å². The topological polar surface area (TPSA) is 58.4 Å². The standard InChI is InChI=1S/C11H21N3O/c1-2-3-9-11(4-6-13-7-5-11)8-14(9)10(12)15/h9,13H,2-8H2,1H3,(H2,12,15). The van der Waals surface area contributed by atoms with Gasteiger partial charge in [0.05, 0.1) is 0 Å². The van der Waals surface area contributed by atoms with Crippen LogP contribution in [0.25, 0.3) is 0 Å². The van der Waals surface area contributed by atoms with Crippen LogP contribution < -0.4 is 11.1 Å². The third-order valence-corrected chi connectivity index (χ3v) is 4.01. The second kappa shape index (κ2) is 4.00. The van der Waals surface area contributed by atoms with Gasteiger partial charge in [0.15, 0.2) is 0 Å². The molecule has 0 saturated carbocycles. The first-order valence-corrected chi connectivity index (χ1v) is 5.96. The van der Waals surface area contributed by atoms with Crippen molar-refractivity contribution in [1.29, 1.82) is 0 Å². The lowest BCUT2D eigenvalue weighted by molar-refractivity contribution is -0.0640. The highest BCUT2D eigenvalue weighted by molar-refractivity contribution is 5.73. The minimum atomic E-state index is -0.238. The molecular weight excluding hydrogens is 190 g/mol. The van der Waals surface area contributed by atoms with Crippen LogP contribution in [0.4, 0.5) is 4.79 Å². The SMILES string of the molecule is CCCC1N(C(N)=O)CC12CCNCC2. The Morgan fingerprint density at radius 3 is 2.73 bits per heavy atom. The Balaban J connectivity index is 2.04. The number of hydrogen-bond acceptors (Lipinski definition) is 2. The van der Waals surface area contributed by atoms with Crippen LogP contribution in [0.5, 0.6) is 0 Å². The third-order valence-electron chi connectivity index (χ3n) is 4.01. The maximum Gasteiger partial charge on any atom is 0.315 e. The average Bonchev–Trinajstić information content (AvgIpc) is 2.24. The van der Waals surface area contributed by atoms with E-state index in [-0.39, 0.29) is 6.03 Å². The second-order valence-electron chi connectivity index (χ2n) is 4.88. The lowest BCUT2D eigenvalue weighted by Crippen LogP contribution is -2.69. The lowest BCUT2D eigenvalue weighted by Gasteiger charge is -2.59. The van der Waals surface area contributed by atoms with Crippen LogP contribution in [0, 0.1) is 5.41 Å². The molecule has 1 unspecified atom stereocenters. The molecule has 3 N–H and O–H groups in total. The average molecular weight is 211 g/mol. The maximum absolute atomic E-state index is 11.2. The van der Waals surface area contributed by atoms with Gasteiger partial charge in [0.2, 0.25) is 0 Å². The molecule has 1 atom stereocenters. The zero-order chi connectivity index (χ0) is 10.9. The summed E-state index contributed by atoms with van der Waals surface area (Å²) in [5, 5.41) is 3.38. The largest absolute Gasteiger partial charge is 0.351 e. The summed E-state index contributed by atoms with van der Waals surface area (Å²) in [6.07, 6.45) is 4.62. The molecule has 2 saturated heterocycles. The van der Waals surface area contributed by atoms with Crippen LogP contribution in [0.3, 0.4) is 0 Å². The Kier molecular flexibility index (Phi) is 2.87. The van der Waals surface area contributed by atoms with E-state index in [1.54, 1.807) is 0 Å². The molecule has 0 bridgehead atoms. The highest BCUT2D eigenvalue weighted by atomic mass is 16.2. The zero-order valence-electron chi connectivity index (χ0n) is 9.46. The van der Waals surface area contributed by atoms with Crippen LogP contribution in [0.1, 0.15) is 32.6 Å². The van der Waals surface area contributed by atoms with E-state index in [2.05, 4.69) is 12.2 Å². The van der Waals surface area contributed by atoms with Gasteiger partial charge in [-0.25, -0.2) is 4.79 Å². The molecule has 15 heavy (non-hydrogen) atoms. The Morgan fingerprint density at radius 1 is 1.53 bits per heavy atom. The highest BCUT2D eigenvalue weighted by Crippen LogP contribution is 2.46. The molecule has 0 aromatic rings. The van der Waals surface area contributed by atoms with Crippen molar-refractivity contribution in [3.63, 3.8) is 0 Å². The fourth-order valence-electron chi connectivity index (χ4n) is 3.16. The van der Waals surface area contributed by atoms with E-state index < -0.39 is 0 Å². The molecular formula is C11H21N3O. The normalized spacial score (nSPS) is 28.9. The molecule has 0 aliphatic carbocycles. The van der Waals surface area contributed by atoms with Gasteiger partial charge in [-0.3, -0.25) is 0 Å². The van der Waals surface area contributed by atoms with E-state index in [0.29, 0.717) is 11.5 Å². The molecule has 2 amide bonds. The number of primary amides is 1. The summed E-state index contributed by atoms with van der Waals surface area (Å²) >= 11 is 0. The number of carbonyl (C=O) groups excluding carboxylic acids is 1. The predicted molar refractivity (Wildman–Crippen MR) is 59.5 cm³/mol. The number of amides is 2. The van der Waals surface area contributed by atoms with Crippen LogP contribution in [0.2, 0.25) is 0 Å². The summed E-state index contributed by atoms with van der Waals surface area (Å²) in [6.45, 7) is 5.24. The van der Waals surface area contributed by atoms with Crippen molar-refractivity contribution in [2.45, 2.75) is 38.6 Å². The molecule has 0 aromatic carbocycles. The summed E-state index contributed by atoms with van der Waals surface area (Å²) in [6, 6.07) is 0.166. The first kappa shape index (κ1) is 10.7. The number of urea groups is 1. The molecule has 4 nitrogen and oxygen atoms in total. The first-order chi connectivity index (χ1) is 7.19. The number of hydrogen-bond donors (Lipinski definition) is 2. The van der Waals surface area contributed by atoms with Crippen molar-refractivity contribution < 1.29 is 4.79 Å². The number of nitrogens with two attached hydrogens (primary N) is 1. The van der Waals surface area contributed by atoms with Crippen molar-refractivity contribution in [3.05, 3.63) is 0 Å². The summed E-state index contributed by atoms with van der Waals surface area (Å²) < 4.78 is 0. The van der Waals surface area contributed by atoms with E-state index in [1.165, 1.54) is 12.8 Å². The summed E-state index contributed by atoms with van der Waals surface area (Å²) in [5.41, 5.74) is 5.76. The van der Waals surface area contributed by atoms with Gasteiger partial charge in [0.1, 0.15) is 0 Å². The van der Waals surface area contributed by atoms with Crippen molar-refractivity contribution in [2.24, 2.45) is 11.1 Å². The molecule has 1 spiro atoms. The fourth-order valence-corrected chi connectivity index (χ4v) is 3.16. The molecule has 2 aliphatic rings. The number of piperidine rings is 1. The monoisotopic (exact) mass is 211 g/mol. The molecule has 2 rings (SSSR count). The number of nitrogens with zero attached hydrogens (tertiary/aromatic N) is 1. The first-order valence-electron chi connectivity index (χ1n) is 5.96. The highest BCUT2D eigenvalue weighted by Gasteiger charge is 2.53. The van der Waals surface area contributed by atoms with Crippen molar-refractivity contribution >= 4 is 6.03 Å². The van der Waals surface area contributed by atoms with Gasteiger partial charge < -0.3 is 16.0 Å². The molecule has 0 radical (unpaired) electrons. The van der Waals surface area contributed by atoms with Crippen LogP contribution in [-0.4, -0.2) is 36.6 Å². The van der Waals surface area contributed by atoms with E-state index >= 15 is 0 Å². The molecule has 86 valence electrons. The number of rotatable bonds is 2. The summed E-state index contributed by atoms with van der Waals surface area (Å²) in [5.74, 6) is 0. The third kappa shape index (κ3) is 1.71. The maximum atomic E-state index is 11.2. The quantitative estimate of drug-likeness (QED) is 0.713. The van der Waals surface area contributed by atoms with Gasteiger partial charge in [-0.1, -0.05) is 13.3 Å². The Hall–Kier alpha value is -0.770. The van der Waals surface area contributed by atoms with Gasteiger partial charge in [-0.05, 0) is 32.4 Å². The summed E-state index contributed by atoms with van der Waals surface area (Å²) in [4.78, 5) is 13.1. The van der Waals surface area contributed by atoms with E-state index in [1.807, 2.05) is 4.90 Å². The van der Waals surface area contributed by atoms with E-state index in [4.69, 9.17) is 5.73 Å². The number of nitrogens with one attached hydrogen (secondary N) is 1. The molecule has 2 fully saturated rings. The summed E-state index contributed by atoms with van der Waals surface area (Å²) in [7, 11) is 0. The molecule has 2 aliphatic heterocycles. The van der Waals surface area contributed by atoms with E-state index in [9.17, 15) is 4.79 Å².